The highest BCUT2D eigenvalue weighted by molar-refractivity contribution is 6.22. The van der Waals surface area contributed by atoms with Crippen LogP contribution in [-0.4, -0.2) is 14.1 Å². The zero-order chi connectivity index (χ0) is 34.9. The van der Waals surface area contributed by atoms with E-state index in [0.29, 0.717) is 0 Å². The quantitative estimate of drug-likeness (QED) is 0.182. The summed E-state index contributed by atoms with van der Waals surface area (Å²) in [5, 5.41) is 4.56. The van der Waals surface area contributed by atoms with Crippen molar-refractivity contribution in [3.63, 3.8) is 0 Å². The molecular weight excluding hydrogens is 647 g/mol. The van der Waals surface area contributed by atoms with Crippen molar-refractivity contribution < 1.29 is 4.42 Å². The molecule has 4 heteroatoms. The van der Waals surface area contributed by atoms with E-state index in [1.54, 1.807) is 0 Å². The second kappa shape index (κ2) is 11.7. The van der Waals surface area contributed by atoms with Crippen molar-refractivity contribution in [2.24, 2.45) is 0 Å². The van der Waals surface area contributed by atoms with Crippen LogP contribution >= 0.6 is 0 Å². The summed E-state index contributed by atoms with van der Waals surface area (Å²) >= 11 is 0. The molecule has 0 saturated heterocycles. The van der Waals surface area contributed by atoms with E-state index in [1.807, 2.05) is 12.1 Å². The van der Waals surface area contributed by atoms with Crippen molar-refractivity contribution in [1.29, 1.82) is 0 Å². The normalized spacial score (nSPS) is 11.8. The molecule has 8 aromatic carbocycles. The Kier molecular flexibility index (Phi) is 6.52. The predicted octanol–water partition coefficient (Wildman–Crippen LogP) is 13.0. The molecule has 3 aromatic heterocycles. The van der Waals surface area contributed by atoms with Gasteiger partial charge in [0, 0.05) is 38.5 Å². The molecule has 11 rings (SSSR count). The number of nitrogens with zero attached hydrogens (tertiary/aromatic N) is 3. The Morgan fingerprint density at radius 1 is 0.377 bits per heavy atom. The second-order valence-electron chi connectivity index (χ2n) is 13.6. The maximum absolute atomic E-state index is 6.83. The minimum atomic E-state index is 0.879. The monoisotopic (exact) mass is 677 g/mol. The molecule has 0 bridgehead atoms. The zero-order valence-electron chi connectivity index (χ0n) is 28.6. The summed E-state index contributed by atoms with van der Waals surface area (Å²) in [5.41, 5.74) is 13.9. The lowest BCUT2D eigenvalue weighted by atomic mass is 10.0. The first-order valence-electron chi connectivity index (χ1n) is 18.0. The molecule has 248 valence electrons. The Hall–Kier alpha value is -7.17. The summed E-state index contributed by atoms with van der Waals surface area (Å²) < 4.78 is 11.5. The molecule has 0 atom stereocenters. The van der Waals surface area contributed by atoms with Gasteiger partial charge in [0.25, 0.3) is 0 Å². The summed E-state index contributed by atoms with van der Waals surface area (Å²) in [6.45, 7) is 0. The average molecular weight is 678 g/mol. The number of imidazole rings is 1. The standard InChI is InChI=1S/C49H31N3O/c1-4-12-32(13-5-1)35-20-28-44-41(30-35)39-26-27-40-42-31-36(33-14-6-2-7-15-33)21-29-46(42)53-48(40)47(39)51(44)37-22-24-38(25-23-37)52-45-19-11-10-18-43(45)50-49(52)34-16-8-3-9-17-34/h1-31H. The lowest BCUT2D eigenvalue weighted by Gasteiger charge is -2.13. The molecule has 0 aliphatic heterocycles. The molecule has 0 radical (unpaired) electrons. The first-order valence-corrected chi connectivity index (χ1v) is 18.0. The fourth-order valence-corrected chi connectivity index (χ4v) is 8.04. The summed E-state index contributed by atoms with van der Waals surface area (Å²) in [6, 6.07) is 66.6. The van der Waals surface area contributed by atoms with Crippen LogP contribution in [0.15, 0.2) is 192 Å². The number of para-hydroxylation sites is 2. The van der Waals surface area contributed by atoms with Crippen LogP contribution in [-0.2, 0) is 0 Å². The Morgan fingerprint density at radius 3 is 1.64 bits per heavy atom. The molecule has 4 nitrogen and oxygen atoms in total. The van der Waals surface area contributed by atoms with Gasteiger partial charge in [-0.05, 0) is 89.0 Å². The lowest BCUT2D eigenvalue weighted by Crippen LogP contribution is -1.99. The molecular formula is C49H31N3O. The molecule has 0 unspecified atom stereocenters. The van der Waals surface area contributed by atoms with Crippen molar-refractivity contribution in [2.45, 2.75) is 0 Å². The van der Waals surface area contributed by atoms with Crippen LogP contribution in [0.25, 0.3) is 99.8 Å². The van der Waals surface area contributed by atoms with Crippen molar-refractivity contribution >= 4 is 54.8 Å². The maximum atomic E-state index is 6.83. The van der Waals surface area contributed by atoms with Crippen LogP contribution in [0, 0.1) is 0 Å². The third kappa shape index (κ3) is 4.66. The van der Waals surface area contributed by atoms with Gasteiger partial charge in [0.05, 0.1) is 22.1 Å². The van der Waals surface area contributed by atoms with Gasteiger partial charge in [-0.25, -0.2) is 4.98 Å². The molecule has 0 aliphatic carbocycles. The number of benzene rings is 8. The summed E-state index contributed by atoms with van der Waals surface area (Å²) in [5.74, 6) is 0.920. The third-order valence-electron chi connectivity index (χ3n) is 10.5. The SMILES string of the molecule is c1ccc(-c2ccc3oc4c(ccc5c6cc(-c7ccccc7)ccc6n(-c6ccc(-n7c(-c8ccccc8)nc8ccccc87)cc6)c54)c3c2)cc1. The molecule has 0 spiro atoms. The van der Waals surface area contributed by atoms with Crippen molar-refractivity contribution in [3.05, 3.63) is 188 Å². The summed E-state index contributed by atoms with van der Waals surface area (Å²) in [6.07, 6.45) is 0. The minimum Gasteiger partial charge on any atom is -0.454 e. The molecule has 0 fully saturated rings. The van der Waals surface area contributed by atoms with Crippen LogP contribution in [0.2, 0.25) is 0 Å². The second-order valence-corrected chi connectivity index (χ2v) is 13.6. The van der Waals surface area contributed by atoms with Crippen LogP contribution in [0.5, 0.6) is 0 Å². The van der Waals surface area contributed by atoms with Gasteiger partial charge in [-0.1, -0.05) is 121 Å². The van der Waals surface area contributed by atoms with Crippen molar-refractivity contribution in [3.8, 4) is 45.0 Å². The number of rotatable bonds is 5. The number of aromatic nitrogens is 3. The summed E-state index contributed by atoms with van der Waals surface area (Å²) in [7, 11) is 0. The third-order valence-corrected chi connectivity index (χ3v) is 10.5. The van der Waals surface area contributed by atoms with E-state index in [0.717, 1.165) is 72.2 Å². The van der Waals surface area contributed by atoms with Crippen LogP contribution in [0.4, 0.5) is 0 Å². The highest BCUT2D eigenvalue weighted by Gasteiger charge is 2.21. The predicted molar refractivity (Wildman–Crippen MR) is 219 cm³/mol. The van der Waals surface area contributed by atoms with E-state index in [-0.39, 0.29) is 0 Å². The highest BCUT2D eigenvalue weighted by atomic mass is 16.3. The van der Waals surface area contributed by atoms with Gasteiger partial charge in [-0.15, -0.1) is 0 Å². The Labute approximate surface area is 305 Å². The molecule has 0 N–H and O–H groups in total. The zero-order valence-corrected chi connectivity index (χ0v) is 28.6. The van der Waals surface area contributed by atoms with E-state index < -0.39 is 0 Å². The highest BCUT2D eigenvalue weighted by Crippen LogP contribution is 2.42. The fraction of sp³-hybridized carbons (Fsp3) is 0. The van der Waals surface area contributed by atoms with Crippen LogP contribution < -0.4 is 0 Å². The largest absolute Gasteiger partial charge is 0.454 e. The molecule has 3 heterocycles. The molecule has 0 aliphatic rings. The smallest absolute Gasteiger partial charge is 0.160 e. The fourth-order valence-electron chi connectivity index (χ4n) is 8.04. The van der Waals surface area contributed by atoms with Gasteiger partial charge in [-0.3, -0.25) is 4.57 Å². The van der Waals surface area contributed by atoms with Crippen LogP contribution in [0.3, 0.4) is 0 Å². The van der Waals surface area contributed by atoms with Gasteiger partial charge >= 0.3 is 0 Å². The van der Waals surface area contributed by atoms with E-state index in [4.69, 9.17) is 9.40 Å². The van der Waals surface area contributed by atoms with E-state index in [2.05, 4.69) is 185 Å². The Morgan fingerprint density at radius 2 is 0.943 bits per heavy atom. The molecule has 11 aromatic rings. The van der Waals surface area contributed by atoms with Crippen molar-refractivity contribution in [1.82, 2.24) is 14.1 Å². The first kappa shape index (κ1) is 29.5. The van der Waals surface area contributed by atoms with Crippen molar-refractivity contribution in [2.75, 3.05) is 0 Å². The van der Waals surface area contributed by atoms with Gasteiger partial charge in [0.1, 0.15) is 11.4 Å². The average Bonchev–Trinajstić information content (AvgIpc) is 3.91. The minimum absolute atomic E-state index is 0.879. The summed E-state index contributed by atoms with van der Waals surface area (Å²) in [4.78, 5) is 5.07. The molecule has 53 heavy (non-hydrogen) atoms. The molecule has 0 saturated carbocycles. The Balaban J connectivity index is 1.15. The number of hydrogen-bond acceptors (Lipinski definition) is 2. The van der Waals surface area contributed by atoms with Crippen LogP contribution in [0.1, 0.15) is 0 Å². The first-order chi connectivity index (χ1) is 26.3. The number of fused-ring (bicyclic) bond motifs is 8. The number of hydrogen-bond donors (Lipinski definition) is 0. The lowest BCUT2D eigenvalue weighted by molar-refractivity contribution is 0.671. The topological polar surface area (TPSA) is 35.9 Å². The van der Waals surface area contributed by atoms with Gasteiger partial charge in [0.2, 0.25) is 0 Å². The van der Waals surface area contributed by atoms with E-state index >= 15 is 0 Å². The van der Waals surface area contributed by atoms with Gasteiger partial charge in [-0.2, -0.15) is 0 Å². The maximum Gasteiger partial charge on any atom is 0.160 e. The number of furan rings is 1. The van der Waals surface area contributed by atoms with Gasteiger partial charge < -0.3 is 8.98 Å². The van der Waals surface area contributed by atoms with Gasteiger partial charge in [0.15, 0.2) is 5.58 Å². The molecule has 0 amide bonds. The van der Waals surface area contributed by atoms with E-state index in [9.17, 15) is 0 Å². The van der Waals surface area contributed by atoms with E-state index in [1.165, 1.54) is 27.6 Å². The Bertz CT molecular complexity index is 3130.